The van der Waals surface area contributed by atoms with Gasteiger partial charge in [-0.3, -0.25) is 4.79 Å². The van der Waals surface area contributed by atoms with E-state index < -0.39 is 0 Å². The molecule has 0 atom stereocenters. The number of anilines is 1. The molecule has 0 bridgehead atoms. The summed E-state index contributed by atoms with van der Waals surface area (Å²) in [7, 11) is 2.13. The molecule has 0 aromatic heterocycles. The maximum Gasteiger partial charge on any atom is 0.238 e. The predicted octanol–water partition coefficient (Wildman–Crippen LogP) is 1.96. The van der Waals surface area contributed by atoms with Gasteiger partial charge in [-0.25, -0.2) is 0 Å². The van der Waals surface area contributed by atoms with E-state index in [1.54, 1.807) is 12.1 Å². The Morgan fingerprint density at radius 3 is 2.95 bits per heavy atom. The summed E-state index contributed by atoms with van der Waals surface area (Å²) in [6.07, 6.45) is 2.62. The van der Waals surface area contributed by atoms with E-state index in [4.69, 9.17) is 11.6 Å². The summed E-state index contributed by atoms with van der Waals surface area (Å²) in [6.45, 7) is 2.14. The number of halogens is 1. The number of rotatable bonds is 7. The van der Waals surface area contributed by atoms with E-state index in [9.17, 15) is 4.79 Å². The molecule has 1 fully saturated rings. The van der Waals surface area contributed by atoms with Gasteiger partial charge in [-0.05, 0) is 38.1 Å². The normalized spacial score (nSPS) is 14.7. The van der Waals surface area contributed by atoms with Crippen molar-refractivity contribution in [3.05, 3.63) is 29.3 Å². The second kappa shape index (κ2) is 6.89. The van der Waals surface area contributed by atoms with Crippen LogP contribution in [0.25, 0.3) is 0 Å². The van der Waals surface area contributed by atoms with Crippen molar-refractivity contribution in [3.63, 3.8) is 0 Å². The van der Waals surface area contributed by atoms with Crippen LogP contribution < -0.4 is 10.6 Å². The highest BCUT2D eigenvalue weighted by Crippen LogP contribution is 2.24. The molecule has 1 saturated carbocycles. The Bertz CT molecular complexity index is 434. The fourth-order valence-corrected chi connectivity index (χ4v) is 2.12. The van der Waals surface area contributed by atoms with Crippen molar-refractivity contribution in [3.8, 4) is 0 Å². The molecule has 1 aromatic carbocycles. The molecule has 0 aliphatic heterocycles. The number of amides is 1. The quantitative estimate of drug-likeness (QED) is 0.751. The minimum Gasteiger partial charge on any atom is -0.325 e. The van der Waals surface area contributed by atoms with Crippen LogP contribution in [0.1, 0.15) is 12.8 Å². The van der Waals surface area contributed by atoms with E-state index in [0.29, 0.717) is 11.6 Å². The van der Waals surface area contributed by atoms with Crippen LogP contribution in [0, 0.1) is 0 Å². The summed E-state index contributed by atoms with van der Waals surface area (Å²) in [5.41, 5.74) is 0.731. The molecular weight excluding hydrogens is 262 g/mol. The monoisotopic (exact) mass is 281 g/mol. The lowest BCUT2D eigenvalue weighted by Crippen LogP contribution is -2.35. The van der Waals surface area contributed by atoms with Crippen molar-refractivity contribution in [2.45, 2.75) is 18.9 Å². The van der Waals surface area contributed by atoms with Crippen LogP contribution in [0.2, 0.25) is 5.02 Å². The van der Waals surface area contributed by atoms with Crippen molar-refractivity contribution in [1.29, 1.82) is 0 Å². The molecule has 1 aliphatic rings. The molecule has 0 unspecified atom stereocenters. The number of hydrogen-bond acceptors (Lipinski definition) is 3. The Hall–Kier alpha value is -1.10. The molecular formula is C14H20ClN3O. The summed E-state index contributed by atoms with van der Waals surface area (Å²) >= 11 is 5.85. The smallest absolute Gasteiger partial charge is 0.238 e. The van der Waals surface area contributed by atoms with Crippen LogP contribution in [-0.2, 0) is 4.79 Å². The average Bonchev–Trinajstić information content (AvgIpc) is 3.18. The Kier molecular flexibility index (Phi) is 5.19. The van der Waals surface area contributed by atoms with Gasteiger partial charge in [0.2, 0.25) is 5.91 Å². The maximum absolute atomic E-state index is 11.7. The number of hydrogen-bond donors (Lipinski definition) is 2. The zero-order valence-electron chi connectivity index (χ0n) is 11.2. The summed E-state index contributed by atoms with van der Waals surface area (Å²) in [4.78, 5) is 14.0. The minimum atomic E-state index is -0.0451. The first-order chi connectivity index (χ1) is 9.15. The zero-order valence-corrected chi connectivity index (χ0v) is 11.9. The third-order valence-corrected chi connectivity index (χ3v) is 3.44. The van der Waals surface area contributed by atoms with Crippen LogP contribution in [-0.4, -0.2) is 43.5 Å². The molecule has 19 heavy (non-hydrogen) atoms. The highest BCUT2D eigenvalue weighted by Gasteiger charge is 2.25. The van der Waals surface area contributed by atoms with Gasteiger partial charge in [0.25, 0.3) is 0 Å². The van der Waals surface area contributed by atoms with Gasteiger partial charge in [-0.15, -0.1) is 0 Å². The number of nitrogens with one attached hydrogen (secondary N) is 2. The van der Waals surface area contributed by atoms with Crippen LogP contribution in [0.5, 0.6) is 0 Å². The summed E-state index contributed by atoms with van der Waals surface area (Å²) in [5, 5.41) is 6.58. The Morgan fingerprint density at radius 1 is 1.47 bits per heavy atom. The highest BCUT2D eigenvalue weighted by atomic mass is 35.5. The van der Waals surface area contributed by atoms with Gasteiger partial charge >= 0.3 is 0 Å². The second-order valence-corrected chi connectivity index (χ2v) is 5.38. The fourth-order valence-electron chi connectivity index (χ4n) is 1.93. The van der Waals surface area contributed by atoms with Crippen molar-refractivity contribution >= 4 is 23.2 Å². The van der Waals surface area contributed by atoms with E-state index >= 15 is 0 Å². The Labute approximate surface area is 119 Å². The lowest BCUT2D eigenvalue weighted by Gasteiger charge is -2.15. The molecule has 1 amide bonds. The maximum atomic E-state index is 11.7. The first-order valence-corrected chi connectivity index (χ1v) is 6.99. The standard InChI is InChI=1S/C14H20ClN3O/c1-18(13-5-6-13)8-7-16-10-14(19)17-12-4-2-3-11(15)9-12/h2-4,9,13,16H,5-8,10H2,1H3,(H,17,19). The largest absolute Gasteiger partial charge is 0.325 e. The zero-order chi connectivity index (χ0) is 13.7. The van der Waals surface area contributed by atoms with Crippen molar-refractivity contribution in [1.82, 2.24) is 10.2 Å². The van der Waals surface area contributed by atoms with Gasteiger partial charge in [-0.2, -0.15) is 0 Å². The molecule has 4 nitrogen and oxygen atoms in total. The lowest BCUT2D eigenvalue weighted by molar-refractivity contribution is -0.115. The number of carbonyl (C=O) groups is 1. The molecule has 0 radical (unpaired) electrons. The predicted molar refractivity (Wildman–Crippen MR) is 78.6 cm³/mol. The summed E-state index contributed by atoms with van der Waals surface area (Å²) < 4.78 is 0. The van der Waals surface area contributed by atoms with Crippen molar-refractivity contribution in [2.75, 3.05) is 32.0 Å². The average molecular weight is 282 g/mol. The first kappa shape index (κ1) is 14.3. The number of likely N-dealkylation sites (N-methyl/N-ethyl adjacent to an activating group) is 1. The van der Waals surface area contributed by atoms with Crippen LogP contribution in [0.15, 0.2) is 24.3 Å². The van der Waals surface area contributed by atoms with Crippen LogP contribution >= 0.6 is 11.6 Å². The van der Waals surface area contributed by atoms with Crippen LogP contribution in [0.4, 0.5) is 5.69 Å². The fraction of sp³-hybridized carbons (Fsp3) is 0.500. The second-order valence-electron chi connectivity index (χ2n) is 4.95. The molecule has 0 saturated heterocycles. The van der Waals surface area contributed by atoms with Gasteiger partial charge in [0.1, 0.15) is 0 Å². The van der Waals surface area contributed by atoms with Gasteiger partial charge in [-0.1, -0.05) is 17.7 Å². The molecule has 2 N–H and O–H groups in total. The summed E-state index contributed by atoms with van der Waals surface area (Å²) in [6, 6.07) is 7.92. The molecule has 1 aromatic rings. The Morgan fingerprint density at radius 2 is 2.26 bits per heavy atom. The molecule has 0 spiro atoms. The number of nitrogens with zero attached hydrogens (tertiary/aromatic N) is 1. The van der Waals surface area contributed by atoms with E-state index in [0.717, 1.165) is 24.8 Å². The molecule has 2 rings (SSSR count). The topological polar surface area (TPSA) is 44.4 Å². The highest BCUT2D eigenvalue weighted by molar-refractivity contribution is 6.30. The third-order valence-electron chi connectivity index (χ3n) is 3.21. The Balaban J connectivity index is 1.61. The molecule has 5 heteroatoms. The van der Waals surface area contributed by atoms with E-state index in [1.165, 1.54) is 12.8 Å². The van der Waals surface area contributed by atoms with Gasteiger partial charge in [0.05, 0.1) is 6.54 Å². The van der Waals surface area contributed by atoms with E-state index in [1.807, 2.05) is 12.1 Å². The van der Waals surface area contributed by atoms with Crippen LogP contribution in [0.3, 0.4) is 0 Å². The minimum absolute atomic E-state index is 0.0451. The third kappa shape index (κ3) is 5.19. The first-order valence-electron chi connectivity index (χ1n) is 6.61. The molecule has 0 heterocycles. The SMILES string of the molecule is CN(CCNCC(=O)Nc1cccc(Cl)c1)C1CC1. The van der Waals surface area contributed by atoms with Gasteiger partial charge < -0.3 is 15.5 Å². The molecule has 104 valence electrons. The lowest BCUT2D eigenvalue weighted by atomic mass is 10.3. The molecule has 1 aliphatic carbocycles. The van der Waals surface area contributed by atoms with E-state index in [-0.39, 0.29) is 5.91 Å². The van der Waals surface area contributed by atoms with E-state index in [2.05, 4.69) is 22.6 Å². The van der Waals surface area contributed by atoms with Crippen molar-refractivity contribution < 1.29 is 4.79 Å². The number of benzene rings is 1. The van der Waals surface area contributed by atoms with Crippen molar-refractivity contribution in [2.24, 2.45) is 0 Å². The van der Waals surface area contributed by atoms with Gasteiger partial charge in [0.15, 0.2) is 0 Å². The number of carbonyl (C=O) groups excluding carboxylic acids is 1. The van der Waals surface area contributed by atoms with Gasteiger partial charge in [0, 0.05) is 29.8 Å². The summed E-state index contributed by atoms with van der Waals surface area (Å²) in [5.74, 6) is -0.0451.